The first-order valence-corrected chi connectivity index (χ1v) is 4.71. The smallest absolute Gasteiger partial charge is 0.309 e. The van der Waals surface area contributed by atoms with Crippen molar-refractivity contribution >= 4 is 5.97 Å². The Hall–Kier alpha value is -0.570. The third-order valence-corrected chi connectivity index (χ3v) is 2.19. The van der Waals surface area contributed by atoms with Gasteiger partial charge in [-0.05, 0) is 11.8 Å². The molecule has 3 heteroatoms. The molecule has 0 saturated carbocycles. The summed E-state index contributed by atoms with van der Waals surface area (Å²) in [4.78, 5) is 10.8. The first-order chi connectivity index (χ1) is 5.80. The summed E-state index contributed by atoms with van der Waals surface area (Å²) in [5, 5.41) is 18.6. The van der Waals surface area contributed by atoms with Crippen LogP contribution in [0.4, 0.5) is 0 Å². The van der Waals surface area contributed by atoms with E-state index in [0.29, 0.717) is 6.42 Å². The number of hydrogen-bond acceptors (Lipinski definition) is 2. The molecule has 0 aliphatic heterocycles. The van der Waals surface area contributed by atoms with Crippen LogP contribution in [0.1, 0.15) is 40.5 Å². The van der Waals surface area contributed by atoms with Crippen LogP contribution in [0, 0.1) is 11.3 Å². The van der Waals surface area contributed by atoms with Crippen LogP contribution < -0.4 is 0 Å². The molecule has 0 aromatic carbocycles. The lowest BCUT2D eigenvalue weighted by Gasteiger charge is -2.30. The van der Waals surface area contributed by atoms with Crippen LogP contribution in [0.15, 0.2) is 0 Å². The third kappa shape index (κ3) is 3.77. The Balaban J connectivity index is 4.46. The van der Waals surface area contributed by atoms with E-state index in [1.165, 1.54) is 0 Å². The van der Waals surface area contributed by atoms with Crippen molar-refractivity contribution in [3.63, 3.8) is 0 Å². The van der Waals surface area contributed by atoms with Gasteiger partial charge in [-0.2, -0.15) is 0 Å². The molecule has 0 saturated heterocycles. The molecule has 0 rings (SSSR count). The summed E-state index contributed by atoms with van der Waals surface area (Å²) in [6.07, 6.45) is 0.544. The molecule has 78 valence electrons. The van der Waals surface area contributed by atoms with Crippen molar-refractivity contribution < 1.29 is 15.0 Å². The van der Waals surface area contributed by atoms with Gasteiger partial charge in [0, 0.05) is 0 Å². The first-order valence-electron chi connectivity index (χ1n) is 4.71. The molecule has 2 atom stereocenters. The van der Waals surface area contributed by atoms with Gasteiger partial charge in [0.1, 0.15) is 0 Å². The van der Waals surface area contributed by atoms with Gasteiger partial charge in [0.25, 0.3) is 0 Å². The second-order valence-corrected chi connectivity index (χ2v) is 4.54. The molecule has 13 heavy (non-hydrogen) atoms. The fourth-order valence-electron chi connectivity index (χ4n) is 1.33. The van der Waals surface area contributed by atoms with Gasteiger partial charge >= 0.3 is 5.97 Å². The number of carboxylic acid groups (broad SMARTS) is 1. The number of hydrogen-bond donors (Lipinski definition) is 2. The summed E-state index contributed by atoms with van der Waals surface area (Å²) in [5.74, 6) is -1.53. The van der Waals surface area contributed by atoms with Crippen LogP contribution in [0.25, 0.3) is 0 Å². The molecule has 0 fully saturated rings. The quantitative estimate of drug-likeness (QED) is 0.708. The number of aliphatic hydroxyl groups excluding tert-OH is 1. The van der Waals surface area contributed by atoms with Crippen molar-refractivity contribution in [3.8, 4) is 0 Å². The van der Waals surface area contributed by atoms with Crippen molar-refractivity contribution in [2.45, 2.75) is 46.6 Å². The summed E-state index contributed by atoms with van der Waals surface area (Å²) in [6, 6.07) is 0. The van der Waals surface area contributed by atoms with Gasteiger partial charge in [0.05, 0.1) is 12.0 Å². The van der Waals surface area contributed by atoms with Crippen LogP contribution >= 0.6 is 0 Å². The lowest BCUT2D eigenvalue weighted by molar-refractivity contribution is -0.149. The van der Waals surface area contributed by atoms with Crippen LogP contribution in [0.5, 0.6) is 0 Å². The maximum absolute atomic E-state index is 10.8. The van der Waals surface area contributed by atoms with Crippen LogP contribution in [-0.2, 0) is 4.79 Å². The average Bonchev–Trinajstić information content (AvgIpc) is 1.96. The van der Waals surface area contributed by atoms with Gasteiger partial charge in [-0.3, -0.25) is 4.79 Å². The summed E-state index contributed by atoms with van der Waals surface area (Å²) < 4.78 is 0. The van der Waals surface area contributed by atoms with Gasteiger partial charge in [0.15, 0.2) is 0 Å². The minimum absolute atomic E-state index is 0.363. The van der Waals surface area contributed by atoms with Gasteiger partial charge < -0.3 is 10.2 Å². The largest absolute Gasteiger partial charge is 0.481 e. The van der Waals surface area contributed by atoms with Crippen molar-refractivity contribution in [1.82, 2.24) is 0 Å². The van der Waals surface area contributed by atoms with E-state index in [2.05, 4.69) is 0 Å². The topological polar surface area (TPSA) is 57.5 Å². The van der Waals surface area contributed by atoms with E-state index >= 15 is 0 Å². The normalized spacial score (nSPS) is 16.7. The van der Waals surface area contributed by atoms with E-state index in [4.69, 9.17) is 5.11 Å². The Labute approximate surface area is 79.8 Å². The zero-order valence-corrected chi connectivity index (χ0v) is 8.87. The van der Waals surface area contributed by atoms with Crippen molar-refractivity contribution in [2.24, 2.45) is 11.3 Å². The molecule has 0 aromatic heterocycles. The Kier molecular flexibility index (Phi) is 4.40. The average molecular weight is 188 g/mol. The molecule has 2 N–H and O–H groups in total. The van der Waals surface area contributed by atoms with Crippen LogP contribution in [-0.4, -0.2) is 22.3 Å². The zero-order chi connectivity index (χ0) is 10.6. The van der Waals surface area contributed by atoms with Gasteiger partial charge in [0.2, 0.25) is 0 Å². The SMILES string of the molecule is CCCC(C(=O)O)C(O)C(C)(C)C. The minimum atomic E-state index is -0.899. The highest BCUT2D eigenvalue weighted by atomic mass is 16.4. The first kappa shape index (κ1) is 12.4. The van der Waals surface area contributed by atoms with E-state index in [1.807, 2.05) is 27.7 Å². The number of aliphatic hydroxyl groups is 1. The van der Waals surface area contributed by atoms with Crippen LogP contribution in [0.2, 0.25) is 0 Å². The summed E-state index contributed by atoms with van der Waals surface area (Å²) >= 11 is 0. The fourth-order valence-corrected chi connectivity index (χ4v) is 1.33. The highest BCUT2D eigenvalue weighted by molar-refractivity contribution is 5.70. The number of carboxylic acids is 1. The highest BCUT2D eigenvalue weighted by Crippen LogP contribution is 2.27. The monoisotopic (exact) mass is 188 g/mol. The second-order valence-electron chi connectivity index (χ2n) is 4.54. The molecular formula is C10H20O3. The lowest BCUT2D eigenvalue weighted by atomic mass is 9.79. The molecule has 2 unspecified atom stereocenters. The molecule has 0 aliphatic carbocycles. The van der Waals surface area contributed by atoms with E-state index in [9.17, 15) is 9.90 Å². The van der Waals surface area contributed by atoms with E-state index in [0.717, 1.165) is 6.42 Å². The van der Waals surface area contributed by atoms with Crippen molar-refractivity contribution in [3.05, 3.63) is 0 Å². The van der Waals surface area contributed by atoms with Gasteiger partial charge in [-0.1, -0.05) is 34.1 Å². The predicted molar refractivity (Wildman–Crippen MR) is 51.5 cm³/mol. The summed E-state index contributed by atoms with van der Waals surface area (Å²) in [5.41, 5.74) is -0.363. The summed E-state index contributed by atoms with van der Waals surface area (Å²) in [7, 11) is 0. The standard InChI is InChI=1S/C10H20O3/c1-5-6-7(9(12)13)8(11)10(2,3)4/h7-8,11H,5-6H2,1-4H3,(H,12,13). The Morgan fingerprint density at radius 2 is 1.85 bits per heavy atom. The van der Waals surface area contributed by atoms with Crippen LogP contribution in [0.3, 0.4) is 0 Å². The molecule has 0 radical (unpaired) electrons. The zero-order valence-electron chi connectivity index (χ0n) is 8.87. The molecule has 3 nitrogen and oxygen atoms in total. The maximum atomic E-state index is 10.8. The summed E-state index contributed by atoms with van der Waals surface area (Å²) in [6.45, 7) is 7.47. The molecule has 0 aliphatic rings. The van der Waals surface area contributed by atoms with E-state index < -0.39 is 18.0 Å². The maximum Gasteiger partial charge on any atom is 0.309 e. The molecular weight excluding hydrogens is 168 g/mol. The molecule has 0 aromatic rings. The van der Waals surface area contributed by atoms with E-state index in [1.54, 1.807) is 0 Å². The molecule has 0 spiro atoms. The van der Waals surface area contributed by atoms with Crippen molar-refractivity contribution in [2.75, 3.05) is 0 Å². The fraction of sp³-hybridized carbons (Fsp3) is 0.900. The molecule has 0 bridgehead atoms. The number of rotatable bonds is 4. The highest BCUT2D eigenvalue weighted by Gasteiger charge is 2.34. The van der Waals surface area contributed by atoms with Crippen molar-refractivity contribution in [1.29, 1.82) is 0 Å². The Morgan fingerprint density at radius 3 is 2.08 bits per heavy atom. The third-order valence-electron chi connectivity index (χ3n) is 2.19. The van der Waals surface area contributed by atoms with Gasteiger partial charge in [-0.25, -0.2) is 0 Å². The molecule has 0 heterocycles. The number of carbonyl (C=O) groups is 1. The Morgan fingerprint density at radius 1 is 1.38 bits per heavy atom. The Bertz CT molecular complexity index is 169. The predicted octanol–water partition coefficient (Wildman–Crippen LogP) is 1.89. The lowest BCUT2D eigenvalue weighted by Crippen LogP contribution is -2.38. The number of aliphatic carboxylic acids is 1. The minimum Gasteiger partial charge on any atom is -0.481 e. The van der Waals surface area contributed by atoms with E-state index in [-0.39, 0.29) is 5.41 Å². The molecule has 0 amide bonds. The van der Waals surface area contributed by atoms with Gasteiger partial charge in [-0.15, -0.1) is 0 Å². The second kappa shape index (κ2) is 4.61.